The van der Waals surface area contributed by atoms with Gasteiger partial charge in [-0.3, -0.25) is 4.79 Å². The maximum Gasteiger partial charge on any atom is 0.311 e. The van der Waals surface area contributed by atoms with E-state index in [4.69, 9.17) is 9.47 Å². The predicted octanol–water partition coefficient (Wildman–Crippen LogP) is 2.13. The lowest BCUT2D eigenvalue weighted by atomic mass is 9.99. The molecule has 0 aromatic heterocycles. The highest BCUT2D eigenvalue weighted by molar-refractivity contribution is 5.84. The van der Waals surface area contributed by atoms with Gasteiger partial charge in [0, 0.05) is 12.0 Å². The van der Waals surface area contributed by atoms with Gasteiger partial charge in [0.15, 0.2) is 0 Å². The van der Waals surface area contributed by atoms with Crippen LogP contribution < -0.4 is 4.74 Å². The van der Waals surface area contributed by atoms with Gasteiger partial charge in [-0.05, 0) is 18.6 Å². The van der Waals surface area contributed by atoms with Crippen LogP contribution in [0.5, 0.6) is 5.75 Å². The molecule has 0 aliphatic carbocycles. The number of para-hydroxylation sites is 1. The van der Waals surface area contributed by atoms with Crippen LogP contribution in [0.2, 0.25) is 0 Å². The van der Waals surface area contributed by atoms with Crippen molar-refractivity contribution in [3.05, 3.63) is 35.4 Å². The Balaban J connectivity index is 2.13. The number of carbonyl (C=O) groups excluding carboxylic acids is 1. The summed E-state index contributed by atoms with van der Waals surface area (Å²) >= 11 is 0. The van der Waals surface area contributed by atoms with Gasteiger partial charge in [0.25, 0.3) is 0 Å². The van der Waals surface area contributed by atoms with Crippen LogP contribution in [0.3, 0.4) is 0 Å². The molecule has 0 saturated carbocycles. The number of esters is 1. The average molecular weight is 202 g/mol. The molecule has 0 unspecified atom stereocenters. The molecule has 76 valence electrons. The van der Waals surface area contributed by atoms with Gasteiger partial charge in [0.2, 0.25) is 0 Å². The van der Waals surface area contributed by atoms with Crippen LogP contribution in [0, 0.1) is 0 Å². The van der Waals surface area contributed by atoms with Crippen LogP contribution in [0.15, 0.2) is 29.8 Å². The molecule has 0 spiro atoms. The quantitative estimate of drug-likeness (QED) is 0.604. The molecule has 2 aliphatic rings. The van der Waals surface area contributed by atoms with Gasteiger partial charge < -0.3 is 9.47 Å². The first-order chi connectivity index (χ1) is 7.34. The van der Waals surface area contributed by atoms with E-state index in [1.54, 1.807) is 0 Å². The Hall–Kier alpha value is -1.77. The van der Waals surface area contributed by atoms with Gasteiger partial charge >= 0.3 is 5.97 Å². The molecule has 3 nitrogen and oxygen atoms in total. The van der Waals surface area contributed by atoms with Crippen LogP contribution in [0.4, 0.5) is 0 Å². The van der Waals surface area contributed by atoms with Crippen molar-refractivity contribution in [1.82, 2.24) is 0 Å². The van der Waals surface area contributed by atoms with E-state index in [2.05, 4.69) is 0 Å². The van der Waals surface area contributed by atoms with E-state index in [1.165, 1.54) is 0 Å². The summed E-state index contributed by atoms with van der Waals surface area (Å²) in [6, 6.07) is 7.64. The van der Waals surface area contributed by atoms with Gasteiger partial charge in [-0.25, -0.2) is 0 Å². The third-order valence-electron chi connectivity index (χ3n) is 2.70. The summed E-state index contributed by atoms with van der Waals surface area (Å²) < 4.78 is 10.9. The second-order valence-corrected chi connectivity index (χ2v) is 3.69. The number of ether oxygens (including phenoxy) is 2. The molecule has 1 aromatic carbocycles. The molecule has 0 N–H and O–H groups in total. The van der Waals surface area contributed by atoms with Crippen LogP contribution in [-0.4, -0.2) is 12.6 Å². The van der Waals surface area contributed by atoms with E-state index in [9.17, 15) is 4.79 Å². The first-order valence-electron chi connectivity index (χ1n) is 4.99. The Morgan fingerprint density at radius 1 is 1.13 bits per heavy atom. The molecular formula is C12H10O3. The zero-order chi connectivity index (χ0) is 10.3. The van der Waals surface area contributed by atoms with Crippen molar-refractivity contribution in [1.29, 1.82) is 0 Å². The SMILES string of the molecule is O=C1CCC2=C(O1)c1ccccc1OC2. The molecular weight excluding hydrogens is 192 g/mol. The minimum atomic E-state index is -0.148. The highest BCUT2D eigenvalue weighted by Crippen LogP contribution is 2.37. The van der Waals surface area contributed by atoms with Crippen molar-refractivity contribution < 1.29 is 14.3 Å². The molecule has 1 aromatic rings. The van der Waals surface area contributed by atoms with E-state index in [0.717, 1.165) is 23.3 Å². The molecule has 0 amide bonds. The Kier molecular flexibility index (Phi) is 1.78. The van der Waals surface area contributed by atoms with Gasteiger partial charge in [-0.1, -0.05) is 12.1 Å². The van der Waals surface area contributed by atoms with Gasteiger partial charge in [0.1, 0.15) is 18.1 Å². The average Bonchev–Trinajstić information content (AvgIpc) is 2.29. The summed E-state index contributed by atoms with van der Waals surface area (Å²) in [4.78, 5) is 11.2. The predicted molar refractivity (Wildman–Crippen MR) is 54.2 cm³/mol. The molecule has 3 heteroatoms. The molecule has 0 saturated heterocycles. The fraction of sp³-hybridized carbons (Fsp3) is 0.250. The second-order valence-electron chi connectivity index (χ2n) is 3.69. The van der Waals surface area contributed by atoms with Crippen molar-refractivity contribution in [2.24, 2.45) is 0 Å². The first kappa shape index (κ1) is 8.53. The minimum absolute atomic E-state index is 0.148. The Bertz CT molecular complexity index is 460. The number of fused-ring (bicyclic) bond motifs is 2. The van der Waals surface area contributed by atoms with Crippen molar-refractivity contribution in [3.8, 4) is 5.75 Å². The largest absolute Gasteiger partial charge is 0.488 e. The fourth-order valence-corrected chi connectivity index (χ4v) is 1.93. The van der Waals surface area contributed by atoms with Gasteiger partial charge in [-0.15, -0.1) is 0 Å². The van der Waals surface area contributed by atoms with Crippen molar-refractivity contribution >= 4 is 11.7 Å². The fourth-order valence-electron chi connectivity index (χ4n) is 1.93. The van der Waals surface area contributed by atoms with Crippen LogP contribution >= 0.6 is 0 Å². The molecule has 15 heavy (non-hydrogen) atoms. The first-order valence-corrected chi connectivity index (χ1v) is 4.99. The summed E-state index contributed by atoms with van der Waals surface area (Å²) in [5, 5.41) is 0. The molecule has 2 heterocycles. The summed E-state index contributed by atoms with van der Waals surface area (Å²) in [5.41, 5.74) is 1.99. The minimum Gasteiger partial charge on any atom is -0.488 e. The Labute approximate surface area is 87.3 Å². The van der Waals surface area contributed by atoms with E-state index in [0.29, 0.717) is 18.8 Å². The van der Waals surface area contributed by atoms with E-state index in [-0.39, 0.29) is 5.97 Å². The van der Waals surface area contributed by atoms with Crippen molar-refractivity contribution in [3.63, 3.8) is 0 Å². The molecule has 0 bridgehead atoms. The summed E-state index contributed by atoms with van der Waals surface area (Å²) in [5.74, 6) is 1.37. The van der Waals surface area contributed by atoms with E-state index in [1.807, 2.05) is 24.3 Å². The number of carbonyl (C=O) groups is 1. The van der Waals surface area contributed by atoms with Gasteiger partial charge in [-0.2, -0.15) is 0 Å². The highest BCUT2D eigenvalue weighted by atomic mass is 16.5. The molecule has 0 fully saturated rings. The topological polar surface area (TPSA) is 35.5 Å². The zero-order valence-corrected chi connectivity index (χ0v) is 8.16. The number of hydrogen-bond donors (Lipinski definition) is 0. The van der Waals surface area contributed by atoms with Crippen LogP contribution in [0.25, 0.3) is 5.76 Å². The second kappa shape index (κ2) is 3.12. The lowest BCUT2D eigenvalue weighted by molar-refractivity contribution is -0.137. The molecule has 3 rings (SSSR count). The molecule has 2 aliphatic heterocycles. The van der Waals surface area contributed by atoms with Crippen LogP contribution in [0.1, 0.15) is 18.4 Å². The summed E-state index contributed by atoms with van der Waals surface area (Å²) in [7, 11) is 0. The van der Waals surface area contributed by atoms with E-state index < -0.39 is 0 Å². The van der Waals surface area contributed by atoms with Crippen molar-refractivity contribution in [2.45, 2.75) is 12.8 Å². The van der Waals surface area contributed by atoms with Crippen molar-refractivity contribution in [2.75, 3.05) is 6.61 Å². The maximum atomic E-state index is 11.2. The highest BCUT2D eigenvalue weighted by Gasteiger charge is 2.27. The normalized spacial score (nSPS) is 18.8. The Morgan fingerprint density at radius 3 is 2.93 bits per heavy atom. The van der Waals surface area contributed by atoms with Crippen LogP contribution in [-0.2, 0) is 9.53 Å². The maximum absolute atomic E-state index is 11.2. The molecule has 0 atom stereocenters. The smallest absolute Gasteiger partial charge is 0.311 e. The summed E-state index contributed by atoms with van der Waals surface area (Å²) in [6.45, 7) is 0.541. The monoisotopic (exact) mass is 202 g/mol. The third kappa shape index (κ3) is 1.31. The molecule has 0 radical (unpaired) electrons. The van der Waals surface area contributed by atoms with Gasteiger partial charge in [0.05, 0.1) is 5.56 Å². The van der Waals surface area contributed by atoms with E-state index >= 15 is 0 Å². The number of hydrogen-bond acceptors (Lipinski definition) is 3. The Morgan fingerprint density at radius 2 is 2.00 bits per heavy atom. The number of benzene rings is 1. The third-order valence-corrected chi connectivity index (χ3v) is 2.70. The lowest BCUT2D eigenvalue weighted by Crippen LogP contribution is -2.20. The zero-order valence-electron chi connectivity index (χ0n) is 8.16. The lowest BCUT2D eigenvalue weighted by Gasteiger charge is -2.26. The standard InChI is InChI=1S/C12H10O3/c13-11-6-5-8-7-14-10-4-2-1-3-9(10)12(8)15-11/h1-4H,5-7H2. The number of rotatable bonds is 0. The summed E-state index contributed by atoms with van der Waals surface area (Å²) in [6.07, 6.45) is 1.22.